The van der Waals surface area contributed by atoms with Crippen LogP contribution in [0.5, 0.6) is 0 Å². The molecular weight excluding hydrogens is 348 g/mol. The molecule has 0 fully saturated rings. The Morgan fingerprint density at radius 2 is 1.46 bits per heavy atom. The molecule has 0 amide bonds. The van der Waals surface area contributed by atoms with Crippen molar-refractivity contribution in [2.75, 3.05) is 11.5 Å². The fourth-order valence-corrected chi connectivity index (χ4v) is 3.03. The standard InChI is InChI=1S/C24H22N2O2/c25-20-14-19(15-21(26)16-20)23(27)13-11-18-8-4-5-9-22(18)24(28)12-10-17-6-2-1-3-7-17/h1-10,12,14-16H,11,13,25-26H2. The summed E-state index contributed by atoms with van der Waals surface area (Å²) >= 11 is 0. The number of nitrogens with two attached hydrogens (primary N) is 2. The fourth-order valence-electron chi connectivity index (χ4n) is 3.03. The number of hydrogen-bond acceptors (Lipinski definition) is 4. The molecule has 3 aromatic rings. The van der Waals surface area contributed by atoms with Gasteiger partial charge in [0.15, 0.2) is 11.6 Å². The van der Waals surface area contributed by atoms with Crippen molar-refractivity contribution in [3.05, 3.63) is 101 Å². The highest BCUT2D eigenvalue weighted by molar-refractivity contribution is 6.08. The van der Waals surface area contributed by atoms with Crippen LogP contribution in [0.3, 0.4) is 0 Å². The number of Topliss-reactive ketones (excluding diaryl/α,β-unsaturated/α-hetero) is 1. The van der Waals surface area contributed by atoms with Crippen LogP contribution in [0, 0.1) is 0 Å². The monoisotopic (exact) mass is 370 g/mol. The summed E-state index contributed by atoms with van der Waals surface area (Å²) in [6.45, 7) is 0. The molecule has 4 nitrogen and oxygen atoms in total. The maximum atomic E-state index is 12.6. The molecule has 28 heavy (non-hydrogen) atoms. The lowest BCUT2D eigenvalue weighted by Gasteiger charge is -2.08. The van der Waals surface area contributed by atoms with Gasteiger partial charge in [0.05, 0.1) is 0 Å². The van der Waals surface area contributed by atoms with Crippen LogP contribution >= 0.6 is 0 Å². The second-order valence-electron chi connectivity index (χ2n) is 6.58. The van der Waals surface area contributed by atoms with Crippen LogP contribution in [-0.4, -0.2) is 11.6 Å². The first kappa shape index (κ1) is 19.1. The number of anilines is 2. The molecule has 0 aromatic heterocycles. The average molecular weight is 370 g/mol. The van der Waals surface area contributed by atoms with Crippen molar-refractivity contribution in [3.8, 4) is 0 Å². The molecule has 0 aliphatic heterocycles. The fraction of sp³-hybridized carbons (Fsp3) is 0.0833. The molecule has 0 aliphatic carbocycles. The van der Waals surface area contributed by atoms with Crippen molar-refractivity contribution in [1.29, 1.82) is 0 Å². The normalized spacial score (nSPS) is 10.9. The Labute approximate surface area is 164 Å². The third-order valence-corrected chi connectivity index (χ3v) is 4.43. The van der Waals surface area contributed by atoms with Crippen molar-refractivity contribution in [1.82, 2.24) is 0 Å². The highest BCUT2D eigenvalue weighted by atomic mass is 16.1. The number of rotatable bonds is 7. The Bertz CT molecular complexity index is 1000. The second kappa shape index (κ2) is 8.82. The molecule has 3 aromatic carbocycles. The summed E-state index contributed by atoms with van der Waals surface area (Å²) in [7, 11) is 0. The number of hydrogen-bond donors (Lipinski definition) is 2. The van der Waals surface area contributed by atoms with Gasteiger partial charge >= 0.3 is 0 Å². The molecule has 0 atom stereocenters. The zero-order valence-corrected chi connectivity index (χ0v) is 15.5. The van der Waals surface area contributed by atoms with E-state index >= 15 is 0 Å². The maximum absolute atomic E-state index is 12.6. The zero-order valence-electron chi connectivity index (χ0n) is 15.5. The molecule has 0 bridgehead atoms. The van der Waals surface area contributed by atoms with Crippen molar-refractivity contribution in [2.24, 2.45) is 0 Å². The van der Waals surface area contributed by atoms with E-state index in [-0.39, 0.29) is 18.0 Å². The Morgan fingerprint density at radius 3 is 2.18 bits per heavy atom. The summed E-state index contributed by atoms with van der Waals surface area (Å²) in [6, 6.07) is 21.9. The molecular formula is C24H22N2O2. The Kier molecular flexibility index (Phi) is 6.02. The van der Waals surface area contributed by atoms with Crippen molar-refractivity contribution < 1.29 is 9.59 Å². The smallest absolute Gasteiger partial charge is 0.186 e. The van der Waals surface area contributed by atoms with Crippen LogP contribution in [0.1, 0.15) is 38.3 Å². The van der Waals surface area contributed by atoms with E-state index in [1.54, 1.807) is 36.4 Å². The van der Waals surface area contributed by atoms with Gasteiger partial charge in [-0.1, -0.05) is 60.7 Å². The van der Waals surface area contributed by atoms with E-state index in [4.69, 9.17) is 11.5 Å². The largest absolute Gasteiger partial charge is 0.399 e. The molecule has 0 heterocycles. The van der Waals surface area contributed by atoms with E-state index in [1.165, 1.54) is 0 Å². The van der Waals surface area contributed by atoms with Crippen LogP contribution < -0.4 is 11.5 Å². The summed E-state index contributed by atoms with van der Waals surface area (Å²) in [5.74, 6) is -0.138. The first-order valence-corrected chi connectivity index (χ1v) is 9.07. The highest BCUT2D eigenvalue weighted by Crippen LogP contribution is 2.18. The van der Waals surface area contributed by atoms with E-state index in [0.717, 1.165) is 11.1 Å². The summed E-state index contributed by atoms with van der Waals surface area (Å²) in [5, 5.41) is 0. The van der Waals surface area contributed by atoms with E-state index in [0.29, 0.717) is 28.9 Å². The molecule has 140 valence electrons. The number of benzene rings is 3. The number of nitrogen functional groups attached to an aromatic ring is 2. The van der Waals surface area contributed by atoms with Gasteiger partial charge in [0, 0.05) is 28.9 Å². The second-order valence-corrected chi connectivity index (χ2v) is 6.58. The Balaban J connectivity index is 1.72. The number of carbonyl (C=O) groups excluding carboxylic acids is 2. The minimum atomic E-state index is -0.0832. The van der Waals surface area contributed by atoms with Gasteiger partial charge in [-0.05, 0) is 41.8 Å². The molecule has 0 saturated carbocycles. The van der Waals surface area contributed by atoms with E-state index in [1.807, 2.05) is 48.5 Å². The van der Waals surface area contributed by atoms with Gasteiger partial charge in [0.25, 0.3) is 0 Å². The Hall–Kier alpha value is -3.66. The molecule has 0 unspecified atom stereocenters. The lowest BCUT2D eigenvalue weighted by molar-refractivity contribution is 0.0980. The third kappa shape index (κ3) is 4.95. The first-order chi connectivity index (χ1) is 13.5. The van der Waals surface area contributed by atoms with E-state index < -0.39 is 0 Å². The SMILES string of the molecule is Nc1cc(N)cc(C(=O)CCc2ccccc2C(=O)C=Cc2ccccc2)c1. The topological polar surface area (TPSA) is 86.2 Å². The van der Waals surface area contributed by atoms with E-state index in [2.05, 4.69) is 0 Å². The quantitative estimate of drug-likeness (QED) is 0.362. The maximum Gasteiger partial charge on any atom is 0.186 e. The van der Waals surface area contributed by atoms with Crippen LogP contribution in [0.15, 0.2) is 78.9 Å². The summed E-state index contributed by atoms with van der Waals surface area (Å²) in [6.07, 6.45) is 4.10. The lowest BCUT2D eigenvalue weighted by atomic mass is 9.96. The van der Waals surface area contributed by atoms with E-state index in [9.17, 15) is 9.59 Å². The van der Waals surface area contributed by atoms with Crippen molar-refractivity contribution in [3.63, 3.8) is 0 Å². The molecule has 0 aliphatic rings. The molecule has 4 N–H and O–H groups in total. The number of ketones is 2. The van der Waals surface area contributed by atoms with Crippen LogP contribution in [-0.2, 0) is 6.42 Å². The van der Waals surface area contributed by atoms with Gasteiger partial charge in [-0.3, -0.25) is 9.59 Å². The van der Waals surface area contributed by atoms with Crippen molar-refractivity contribution >= 4 is 29.0 Å². The average Bonchev–Trinajstić information content (AvgIpc) is 2.70. The summed E-state index contributed by atoms with van der Waals surface area (Å²) in [5.41, 5.74) is 15.4. The predicted molar refractivity (Wildman–Crippen MR) is 114 cm³/mol. The van der Waals surface area contributed by atoms with Gasteiger partial charge in [0.1, 0.15) is 0 Å². The van der Waals surface area contributed by atoms with Crippen molar-refractivity contribution in [2.45, 2.75) is 12.8 Å². The van der Waals surface area contributed by atoms with Gasteiger partial charge < -0.3 is 11.5 Å². The third-order valence-electron chi connectivity index (χ3n) is 4.43. The Morgan fingerprint density at radius 1 is 0.821 bits per heavy atom. The summed E-state index contributed by atoms with van der Waals surface area (Å²) in [4.78, 5) is 25.1. The predicted octanol–water partition coefficient (Wildman–Crippen LogP) is 4.56. The number of allylic oxidation sites excluding steroid dienone is 1. The minimum Gasteiger partial charge on any atom is -0.399 e. The molecule has 3 rings (SSSR count). The minimum absolute atomic E-state index is 0.0546. The van der Waals surface area contributed by atoms with Gasteiger partial charge in [-0.25, -0.2) is 0 Å². The van der Waals surface area contributed by atoms with Gasteiger partial charge in [-0.2, -0.15) is 0 Å². The zero-order chi connectivity index (χ0) is 19.9. The van der Waals surface area contributed by atoms with Crippen LogP contribution in [0.2, 0.25) is 0 Å². The number of carbonyl (C=O) groups is 2. The van der Waals surface area contributed by atoms with Gasteiger partial charge in [-0.15, -0.1) is 0 Å². The lowest BCUT2D eigenvalue weighted by Crippen LogP contribution is -2.06. The highest BCUT2D eigenvalue weighted by Gasteiger charge is 2.12. The first-order valence-electron chi connectivity index (χ1n) is 9.07. The molecule has 0 saturated heterocycles. The molecule has 0 spiro atoms. The van der Waals surface area contributed by atoms with Crippen LogP contribution in [0.4, 0.5) is 11.4 Å². The van der Waals surface area contributed by atoms with Gasteiger partial charge in [0.2, 0.25) is 0 Å². The molecule has 0 radical (unpaired) electrons. The number of aryl methyl sites for hydroxylation is 1. The summed E-state index contributed by atoms with van der Waals surface area (Å²) < 4.78 is 0. The molecule has 4 heteroatoms. The van der Waals surface area contributed by atoms with Crippen LogP contribution in [0.25, 0.3) is 6.08 Å².